The van der Waals surface area contributed by atoms with E-state index in [0.29, 0.717) is 6.61 Å². The summed E-state index contributed by atoms with van der Waals surface area (Å²) in [5, 5.41) is 0. The molecule has 3 nitrogen and oxygen atoms in total. The summed E-state index contributed by atoms with van der Waals surface area (Å²) in [6.07, 6.45) is 6.06. The van der Waals surface area contributed by atoms with Crippen LogP contribution in [0.15, 0.2) is 25.0 Å². The van der Waals surface area contributed by atoms with Gasteiger partial charge in [-0.05, 0) is 6.92 Å². The molecule has 0 saturated heterocycles. The van der Waals surface area contributed by atoms with Gasteiger partial charge < -0.3 is 4.84 Å². The number of aromatic nitrogens is 2. The van der Waals surface area contributed by atoms with Crippen molar-refractivity contribution in [2.24, 2.45) is 0 Å². The molecule has 1 aromatic rings. The second-order valence-electron chi connectivity index (χ2n) is 2.08. The molecule has 0 bridgehead atoms. The maximum Gasteiger partial charge on any atom is 0.148 e. The largest absolute Gasteiger partial charge is 0.413 e. The third-order valence-corrected chi connectivity index (χ3v) is 1.28. The second-order valence-corrected chi connectivity index (χ2v) is 2.08. The lowest BCUT2D eigenvalue weighted by molar-refractivity contribution is 0.115. The van der Waals surface area contributed by atoms with E-state index in [-0.39, 0.29) is 0 Å². The van der Waals surface area contributed by atoms with Gasteiger partial charge in [-0.3, -0.25) is 0 Å². The van der Waals surface area contributed by atoms with Crippen LogP contribution >= 0.6 is 0 Å². The van der Waals surface area contributed by atoms with E-state index >= 15 is 0 Å². The summed E-state index contributed by atoms with van der Waals surface area (Å²) in [6.45, 7) is 6.22. The van der Waals surface area contributed by atoms with Gasteiger partial charge >= 0.3 is 0 Å². The van der Waals surface area contributed by atoms with Crippen LogP contribution < -0.4 is 4.84 Å². The summed E-state index contributed by atoms with van der Waals surface area (Å²) in [4.78, 5) is 9.33. The Labute approximate surface area is 66.3 Å². The second kappa shape index (κ2) is 3.81. The van der Waals surface area contributed by atoms with E-state index in [1.165, 1.54) is 0 Å². The SMILES string of the molecule is C=CCc1nccn1OCC. The summed E-state index contributed by atoms with van der Waals surface area (Å²) >= 11 is 0. The normalized spacial score (nSPS) is 9.55. The summed E-state index contributed by atoms with van der Waals surface area (Å²) < 4.78 is 1.67. The van der Waals surface area contributed by atoms with Crippen LogP contribution in [0.4, 0.5) is 0 Å². The van der Waals surface area contributed by atoms with Crippen LogP contribution in [0.5, 0.6) is 0 Å². The minimum atomic E-state index is 0.653. The van der Waals surface area contributed by atoms with Gasteiger partial charge in [0.2, 0.25) is 0 Å². The topological polar surface area (TPSA) is 27.1 Å². The molecule has 0 saturated carbocycles. The Bertz CT molecular complexity index is 230. The van der Waals surface area contributed by atoms with E-state index in [1.807, 2.05) is 6.92 Å². The van der Waals surface area contributed by atoms with Crippen LogP contribution in [0.2, 0.25) is 0 Å². The molecule has 0 aliphatic heterocycles. The van der Waals surface area contributed by atoms with Crippen molar-refractivity contribution in [3.05, 3.63) is 30.9 Å². The zero-order valence-corrected chi connectivity index (χ0v) is 6.66. The highest BCUT2D eigenvalue weighted by Crippen LogP contribution is 1.95. The molecule has 1 rings (SSSR count). The van der Waals surface area contributed by atoms with Crippen molar-refractivity contribution in [2.75, 3.05) is 6.61 Å². The van der Waals surface area contributed by atoms with E-state index in [1.54, 1.807) is 23.2 Å². The van der Waals surface area contributed by atoms with Gasteiger partial charge in [0.15, 0.2) is 0 Å². The standard InChI is InChI=1S/C8H12N2O/c1-3-5-8-9-6-7-10(8)11-4-2/h3,6-7H,1,4-5H2,2H3. The minimum absolute atomic E-state index is 0.653. The monoisotopic (exact) mass is 152 g/mol. The molecule has 0 amide bonds. The molecular weight excluding hydrogens is 140 g/mol. The molecule has 0 atom stereocenters. The minimum Gasteiger partial charge on any atom is -0.413 e. The average molecular weight is 152 g/mol. The molecule has 0 fully saturated rings. The molecule has 1 aromatic heterocycles. The Morgan fingerprint density at radius 1 is 1.82 bits per heavy atom. The maximum atomic E-state index is 5.24. The van der Waals surface area contributed by atoms with Crippen LogP contribution in [0.25, 0.3) is 0 Å². The number of allylic oxidation sites excluding steroid dienone is 1. The van der Waals surface area contributed by atoms with Gasteiger partial charge in [0, 0.05) is 12.6 Å². The smallest absolute Gasteiger partial charge is 0.148 e. The summed E-state index contributed by atoms with van der Waals surface area (Å²) in [7, 11) is 0. The molecular formula is C8H12N2O. The van der Waals surface area contributed by atoms with E-state index in [9.17, 15) is 0 Å². The Morgan fingerprint density at radius 3 is 3.27 bits per heavy atom. The van der Waals surface area contributed by atoms with Crippen molar-refractivity contribution in [2.45, 2.75) is 13.3 Å². The van der Waals surface area contributed by atoms with Crippen molar-refractivity contribution in [3.63, 3.8) is 0 Å². The lowest BCUT2D eigenvalue weighted by Gasteiger charge is -2.04. The lowest BCUT2D eigenvalue weighted by atomic mass is 10.4. The number of rotatable bonds is 4. The molecule has 3 heteroatoms. The molecule has 0 aromatic carbocycles. The fraction of sp³-hybridized carbons (Fsp3) is 0.375. The van der Waals surface area contributed by atoms with Crippen molar-refractivity contribution >= 4 is 0 Å². The fourth-order valence-corrected chi connectivity index (χ4v) is 0.851. The van der Waals surface area contributed by atoms with Crippen molar-refractivity contribution in [3.8, 4) is 0 Å². The quantitative estimate of drug-likeness (QED) is 0.603. The molecule has 0 aliphatic carbocycles. The average Bonchev–Trinajstić information content (AvgIpc) is 2.39. The highest BCUT2D eigenvalue weighted by atomic mass is 16.7. The van der Waals surface area contributed by atoms with Crippen LogP contribution in [0.3, 0.4) is 0 Å². The van der Waals surface area contributed by atoms with Gasteiger partial charge in [-0.1, -0.05) is 6.08 Å². The maximum absolute atomic E-state index is 5.24. The Balaban J connectivity index is 2.69. The van der Waals surface area contributed by atoms with Gasteiger partial charge in [-0.15, -0.1) is 6.58 Å². The van der Waals surface area contributed by atoms with Crippen LogP contribution in [-0.4, -0.2) is 16.3 Å². The van der Waals surface area contributed by atoms with Gasteiger partial charge in [0.1, 0.15) is 12.4 Å². The van der Waals surface area contributed by atoms with Crippen LogP contribution in [0.1, 0.15) is 12.7 Å². The van der Waals surface area contributed by atoms with Crippen molar-refractivity contribution in [1.29, 1.82) is 0 Å². The first-order valence-electron chi connectivity index (χ1n) is 3.65. The Morgan fingerprint density at radius 2 is 2.64 bits per heavy atom. The first-order valence-corrected chi connectivity index (χ1v) is 3.65. The van der Waals surface area contributed by atoms with Crippen molar-refractivity contribution < 1.29 is 4.84 Å². The highest BCUT2D eigenvalue weighted by molar-refractivity contribution is 4.95. The third kappa shape index (κ3) is 1.83. The van der Waals surface area contributed by atoms with Crippen molar-refractivity contribution in [1.82, 2.24) is 9.71 Å². The van der Waals surface area contributed by atoms with Gasteiger partial charge in [-0.2, -0.15) is 4.73 Å². The Kier molecular flexibility index (Phi) is 2.72. The lowest BCUT2D eigenvalue weighted by Crippen LogP contribution is -2.12. The number of imidazole rings is 1. The summed E-state index contributed by atoms with van der Waals surface area (Å²) in [5.41, 5.74) is 0. The number of hydrogen-bond donors (Lipinski definition) is 0. The third-order valence-electron chi connectivity index (χ3n) is 1.28. The molecule has 60 valence electrons. The van der Waals surface area contributed by atoms with Gasteiger partial charge in [0.25, 0.3) is 0 Å². The zero-order valence-electron chi connectivity index (χ0n) is 6.66. The number of nitrogens with zero attached hydrogens (tertiary/aromatic N) is 2. The molecule has 0 aliphatic rings. The van der Waals surface area contributed by atoms with E-state index in [4.69, 9.17) is 4.84 Å². The molecule has 1 heterocycles. The molecule has 0 N–H and O–H groups in total. The van der Waals surface area contributed by atoms with E-state index in [0.717, 1.165) is 12.2 Å². The molecule has 0 unspecified atom stereocenters. The Hall–Kier alpha value is -1.25. The van der Waals surface area contributed by atoms with E-state index in [2.05, 4.69) is 11.6 Å². The highest BCUT2D eigenvalue weighted by Gasteiger charge is 1.98. The van der Waals surface area contributed by atoms with Gasteiger partial charge in [0.05, 0.1) is 6.20 Å². The fourth-order valence-electron chi connectivity index (χ4n) is 0.851. The summed E-state index contributed by atoms with van der Waals surface area (Å²) in [6, 6.07) is 0. The predicted octanol–water partition coefficient (Wildman–Crippen LogP) is 1.06. The molecule has 0 radical (unpaired) electrons. The predicted molar refractivity (Wildman–Crippen MR) is 43.2 cm³/mol. The molecule has 0 spiro atoms. The number of hydrogen-bond acceptors (Lipinski definition) is 2. The van der Waals surface area contributed by atoms with Gasteiger partial charge in [-0.25, -0.2) is 4.98 Å². The van der Waals surface area contributed by atoms with Crippen LogP contribution in [0, 0.1) is 0 Å². The van der Waals surface area contributed by atoms with Crippen LogP contribution in [-0.2, 0) is 6.42 Å². The zero-order chi connectivity index (χ0) is 8.10. The summed E-state index contributed by atoms with van der Waals surface area (Å²) in [5.74, 6) is 0.891. The first-order chi connectivity index (χ1) is 5.38. The van der Waals surface area contributed by atoms with E-state index < -0.39 is 0 Å². The first kappa shape index (κ1) is 7.85. The molecule has 11 heavy (non-hydrogen) atoms.